The Morgan fingerprint density at radius 3 is 2.65 bits per heavy atom. The van der Waals surface area contributed by atoms with Gasteiger partial charge in [0.05, 0.1) is 11.8 Å². The lowest BCUT2D eigenvalue weighted by Gasteiger charge is -2.25. The highest BCUT2D eigenvalue weighted by atomic mass is 16.3. The Balaban J connectivity index is 2.10. The Morgan fingerprint density at radius 2 is 2.04 bits per heavy atom. The van der Waals surface area contributed by atoms with Crippen LogP contribution in [0, 0.1) is 0 Å². The van der Waals surface area contributed by atoms with Gasteiger partial charge in [-0.2, -0.15) is 0 Å². The summed E-state index contributed by atoms with van der Waals surface area (Å²) in [4.78, 5) is 37.7. The first-order valence-electron chi connectivity index (χ1n) is 8.15. The van der Waals surface area contributed by atoms with Crippen LogP contribution in [0.2, 0.25) is 0 Å². The monoisotopic (exact) mass is 354 g/mol. The summed E-state index contributed by atoms with van der Waals surface area (Å²) in [5, 5.41) is 13.0. The van der Waals surface area contributed by atoms with E-state index in [1.165, 1.54) is 18.1 Å². The maximum absolute atomic E-state index is 12.7. The number of aliphatic hydroxyl groups is 1. The second kappa shape index (κ2) is 6.87. The lowest BCUT2D eigenvalue weighted by Crippen LogP contribution is -2.30. The number of aliphatic hydroxyl groups excluding tert-OH is 1. The van der Waals surface area contributed by atoms with Crippen LogP contribution in [0.15, 0.2) is 58.4 Å². The summed E-state index contributed by atoms with van der Waals surface area (Å²) in [6.45, 7) is 3.04. The van der Waals surface area contributed by atoms with Crippen molar-refractivity contribution >= 4 is 29.0 Å². The molecule has 7 heteroatoms. The summed E-state index contributed by atoms with van der Waals surface area (Å²) >= 11 is 0. The standard InChI is InChI=1S/C19H18N2O5/c1-3-14(23)16-17(15-8-5-9-26-15)21(19(25)18(16)24)13-7-4-6-12(10-13)20-11(2)22/h4-10,17,24H,3H2,1-2H3,(H,20,22). The second-order valence-corrected chi connectivity index (χ2v) is 5.86. The third-order valence-electron chi connectivity index (χ3n) is 4.09. The van der Waals surface area contributed by atoms with Crippen molar-refractivity contribution in [1.29, 1.82) is 0 Å². The summed E-state index contributed by atoms with van der Waals surface area (Å²) in [7, 11) is 0. The molecule has 1 aromatic carbocycles. The van der Waals surface area contributed by atoms with Gasteiger partial charge in [-0.25, -0.2) is 0 Å². The molecule has 0 aliphatic carbocycles. The van der Waals surface area contributed by atoms with Crippen molar-refractivity contribution in [2.24, 2.45) is 0 Å². The minimum Gasteiger partial charge on any atom is -0.503 e. The lowest BCUT2D eigenvalue weighted by atomic mass is 9.99. The van der Waals surface area contributed by atoms with Crippen molar-refractivity contribution in [3.8, 4) is 0 Å². The van der Waals surface area contributed by atoms with E-state index in [-0.39, 0.29) is 23.7 Å². The molecule has 0 spiro atoms. The van der Waals surface area contributed by atoms with Gasteiger partial charge in [0, 0.05) is 24.7 Å². The molecule has 2 aromatic rings. The van der Waals surface area contributed by atoms with Crippen LogP contribution in [0.5, 0.6) is 0 Å². The average Bonchev–Trinajstić information content (AvgIpc) is 3.21. The molecule has 0 saturated carbocycles. The average molecular weight is 354 g/mol. The molecule has 26 heavy (non-hydrogen) atoms. The van der Waals surface area contributed by atoms with Gasteiger partial charge >= 0.3 is 0 Å². The van der Waals surface area contributed by atoms with Crippen molar-refractivity contribution in [3.05, 3.63) is 59.8 Å². The number of carbonyl (C=O) groups is 3. The van der Waals surface area contributed by atoms with E-state index in [4.69, 9.17) is 4.42 Å². The highest BCUT2D eigenvalue weighted by Gasteiger charge is 2.45. The Kier molecular flexibility index (Phi) is 4.62. The maximum atomic E-state index is 12.7. The summed E-state index contributed by atoms with van der Waals surface area (Å²) < 4.78 is 5.42. The van der Waals surface area contributed by atoms with Crippen molar-refractivity contribution in [3.63, 3.8) is 0 Å². The first kappa shape index (κ1) is 17.5. The number of ketones is 1. The molecule has 2 N–H and O–H groups in total. The second-order valence-electron chi connectivity index (χ2n) is 5.86. The fourth-order valence-electron chi connectivity index (χ4n) is 3.00. The van der Waals surface area contributed by atoms with E-state index in [1.807, 2.05) is 0 Å². The summed E-state index contributed by atoms with van der Waals surface area (Å²) in [6, 6.07) is 9.03. The highest BCUT2D eigenvalue weighted by Crippen LogP contribution is 2.41. The van der Waals surface area contributed by atoms with E-state index >= 15 is 0 Å². The van der Waals surface area contributed by atoms with Crippen molar-refractivity contribution in [1.82, 2.24) is 0 Å². The van der Waals surface area contributed by atoms with Gasteiger partial charge < -0.3 is 14.8 Å². The van der Waals surface area contributed by atoms with E-state index in [2.05, 4.69) is 5.32 Å². The Bertz CT molecular complexity index is 898. The summed E-state index contributed by atoms with van der Waals surface area (Å²) in [5.41, 5.74) is 0.932. The number of amides is 2. The molecule has 0 radical (unpaired) electrons. The lowest BCUT2D eigenvalue weighted by molar-refractivity contribution is -0.118. The fourth-order valence-corrected chi connectivity index (χ4v) is 3.00. The van der Waals surface area contributed by atoms with Crippen LogP contribution in [-0.2, 0) is 14.4 Å². The normalized spacial score (nSPS) is 16.9. The fraction of sp³-hybridized carbons (Fsp3) is 0.211. The number of furan rings is 1. The number of hydrogen-bond donors (Lipinski definition) is 2. The van der Waals surface area contributed by atoms with Crippen molar-refractivity contribution in [2.75, 3.05) is 10.2 Å². The third kappa shape index (κ3) is 2.99. The largest absolute Gasteiger partial charge is 0.503 e. The topological polar surface area (TPSA) is 99.9 Å². The van der Waals surface area contributed by atoms with E-state index in [1.54, 1.807) is 43.3 Å². The van der Waals surface area contributed by atoms with Crippen LogP contribution in [0.3, 0.4) is 0 Å². The molecule has 0 bridgehead atoms. The van der Waals surface area contributed by atoms with Crippen molar-refractivity contribution < 1.29 is 23.9 Å². The molecule has 0 saturated heterocycles. The molecule has 2 amide bonds. The number of Topliss-reactive ketones (excluding diaryl/α,β-unsaturated/α-hetero) is 1. The van der Waals surface area contributed by atoms with Crippen molar-refractivity contribution in [2.45, 2.75) is 26.3 Å². The maximum Gasteiger partial charge on any atom is 0.294 e. The minimum absolute atomic E-state index is 0.0115. The van der Waals surface area contributed by atoms with Gasteiger partial charge in [0.2, 0.25) is 5.91 Å². The molecule has 1 atom stereocenters. The number of carbonyl (C=O) groups excluding carboxylic acids is 3. The van der Waals surface area contributed by atoms with Gasteiger partial charge in [0.1, 0.15) is 11.8 Å². The number of nitrogens with zero attached hydrogens (tertiary/aromatic N) is 1. The van der Waals surface area contributed by atoms with Gasteiger partial charge in [-0.1, -0.05) is 13.0 Å². The molecule has 7 nitrogen and oxygen atoms in total. The van der Waals surface area contributed by atoms with Crippen LogP contribution in [-0.4, -0.2) is 22.7 Å². The van der Waals surface area contributed by atoms with Crippen LogP contribution in [0.25, 0.3) is 0 Å². The molecule has 2 heterocycles. The van der Waals surface area contributed by atoms with E-state index in [0.717, 1.165) is 0 Å². The van der Waals surface area contributed by atoms with Crippen LogP contribution >= 0.6 is 0 Å². The Hall–Kier alpha value is -3.35. The van der Waals surface area contributed by atoms with E-state index < -0.39 is 17.7 Å². The molecule has 1 aliphatic heterocycles. The molecular formula is C19H18N2O5. The van der Waals surface area contributed by atoms with Gasteiger partial charge in [0.15, 0.2) is 11.5 Å². The quantitative estimate of drug-likeness (QED) is 0.859. The first-order chi connectivity index (χ1) is 12.4. The minimum atomic E-state index is -0.863. The predicted octanol–water partition coefficient (Wildman–Crippen LogP) is 3.12. The highest BCUT2D eigenvalue weighted by molar-refractivity contribution is 6.16. The van der Waals surface area contributed by atoms with Gasteiger partial charge in [-0.3, -0.25) is 19.3 Å². The Labute approximate surface area is 149 Å². The number of hydrogen-bond acceptors (Lipinski definition) is 5. The molecule has 0 fully saturated rings. The third-order valence-corrected chi connectivity index (χ3v) is 4.09. The number of nitrogens with one attached hydrogen (secondary N) is 1. The number of benzene rings is 1. The summed E-state index contributed by atoms with van der Waals surface area (Å²) in [6.07, 6.45) is 1.58. The molecule has 134 valence electrons. The van der Waals surface area contributed by atoms with Crippen LogP contribution in [0.1, 0.15) is 32.1 Å². The first-order valence-corrected chi connectivity index (χ1v) is 8.15. The predicted molar refractivity (Wildman–Crippen MR) is 94.6 cm³/mol. The van der Waals surface area contributed by atoms with Gasteiger partial charge in [-0.15, -0.1) is 0 Å². The zero-order valence-electron chi connectivity index (χ0n) is 14.4. The van der Waals surface area contributed by atoms with Crippen LogP contribution in [0.4, 0.5) is 11.4 Å². The zero-order valence-corrected chi connectivity index (χ0v) is 14.4. The molecule has 1 aliphatic rings. The molecule has 3 rings (SSSR count). The molecule has 1 aromatic heterocycles. The van der Waals surface area contributed by atoms with Crippen LogP contribution < -0.4 is 10.2 Å². The number of rotatable bonds is 5. The smallest absolute Gasteiger partial charge is 0.294 e. The SMILES string of the molecule is CCC(=O)C1=C(O)C(=O)N(c2cccc(NC(C)=O)c2)C1c1ccco1. The van der Waals surface area contributed by atoms with Gasteiger partial charge in [-0.05, 0) is 30.3 Å². The number of anilines is 2. The zero-order chi connectivity index (χ0) is 18.8. The van der Waals surface area contributed by atoms with E-state index in [0.29, 0.717) is 17.1 Å². The Morgan fingerprint density at radius 1 is 1.27 bits per heavy atom. The molecule has 1 unspecified atom stereocenters. The van der Waals surface area contributed by atoms with Gasteiger partial charge in [0.25, 0.3) is 5.91 Å². The van der Waals surface area contributed by atoms with E-state index in [9.17, 15) is 19.5 Å². The summed E-state index contributed by atoms with van der Waals surface area (Å²) in [5.74, 6) is -1.49. The molecular weight excluding hydrogens is 336 g/mol.